The van der Waals surface area contributed by atoms with E-state index in [1.165, 1.54) is 18.3 Å². The highest BCUT2D eigenvalue weighted by Crippen LogP contribution is 2.16. The number of halogens is 1. The lowest BCUT2D eigenvalue weighted by molar-refractivity contribution is -0.117. The number of anilines is 1. The van der Waals surface area contributed by atoms with Crippen LogP contribution in [0, 0.1) is 5.82 Å². The van der Waals surface area contributed by atoms with Gasteiger partial charge in [0.1, 0.15) is 16.8 Å². The summed E-state index contributed by atoms with van der Waals surface area (Å²) in [5.41, 5.74) is 2.21. The van der Waals surface area contributed by atoms with Crippen molar-refractivity contribution in [1.82, 2.24) is 14.5 Å². The molecule has 4 aromatic rings. The molecule has 0 aliphatic rings. The van der Waals surface area contributed by atoms with Crippen molar-refractivity contribution in [1.29, 1.82) is 0 Å². The Morgan fingerprint density at radius 3 is 2.21 bits per heavy atom. The summed E-state index contributed by atoms with van der Waals surface area (Å²) in [7, 11) is -4.29. The van der Waals surface area contributed by atoms with Crippen molar-refractivity contribution in [3.63, 3.8) is 0 Å². The standard InChI is InChI=1S/C25H23FN4O3S/c26-22-13-7-8-14-24(22)34(32,33)29-23(15-19-9-3-1-4-10-19)25(31)28-21-16-27-30(18-21)17-20-11-5-2-6-12-20/h1-14,16,18,23,29H,15,17H2,(H,28,31). The number of amides is 1. The monoisotopic (exact) mass is 478 g/mol. The van der Waals surface area contributed by atoms with E-state index >= 15 is 0 Å². The third kappa shape index (κ3) is 5.94. The van der Waals surface area contributed by atoms with Crippen LogP contribution in [-0.4, -0.2) is 30.1 Å². The quantitative estimate of drug-likeness (QED) is 0.384. The van der Waals surface area contributed by atoms with Gasteiger partial charge in [-0.25, -0.2) is 12.8 Å². The van der Waals surface area contributed by atoms with Crippen molar-refractivity contribution in [2.75, 3.05) is 5.32 Å². The van der Waals surface area contributed by atoms with Crippen LogP contribution in [0.25, 0.3) is 0 Å². The predicted octanol–water partition coefficient (Wildman–Crippen LogP) is 3.60. The number of sulfonamides is 1. The van der Waals surface area contributed by atoms with Crippen molar-refractivity contribution >= 4 is 21.6 Å². The minimum absolute atomic E-state index is 0.0819. The molecule has 7 nitrogen and oxygen atoms in total. The fourth-order valence-electron chi connectivity index (χ4n) is 3.47. The molecule has 0 saturated carbocycles. The topological polar surface area (TPSA) is 93.1 Å². The molecule has 9 heteroatoms. The van der Waals surface area contributed by atoms with E-state index in [2.05, 4.69) is 15.1 Å². The molecule has 1 unspecified atom stereocenters. The number of hydrogen-bond acceptors (Lipinski definition) is 4. The van der Waals surface area contributed by atoms with E-state index in [1.807, 2.05) is 36.4 Å². The Kier molecular flexibility index (Phi) is 7.15. The first kappa shape index (κ1) is 23.3. The number of carbonyl (C=O) groups is 1. The number of carbonyl (C=O) groups excluding carboxylic acids is 1. The van der Waals surface area contributed by atoms with E-state index < -0.39 is 32.7 Å². The summed E-state index contributed by atoms with van der Waals surface area (Å²) in [5.74, 6) is -1.47. The normalized spacial score (nSPS) is 12.3. The number of hydrogen-bond donors (Lipinski definition) is 2. The highest BCUT2D eigenvalue weighted by molar-refractivity contribution is 7.89. The first-order valence-electron chi connectivity index (χ1n) is 10.6. The highest BCUT2D eigenvalue weighted by Gasteiger charge is 2.28. The molecule has 1 aromatic heterocycles. The molecule has 34 heavy (non-hydrogen) atoms. The second-order valence-corrected chi connectivity index (χ2v) is 9.38. The Balaban J connectivity index is 1.53. The zero-order valence-corrected chi connectivity index (χ0v) is 19.0. The van der Waals surface area contributed by atoms with Crippen LogP contribution < -0.4 is 10.0 Å². The maximum Gasteiger partial charge on any atom is 0.244 e. The summed E-state index contributed by atoms with van der Waals surface area (Å²) in [4.78, 5) is 12.6. The number of nitrogens with one attached hydrogen (secondary N) is 2. The zero-order chi connectivity index (χ0) is 24.0. The molecule has 1 atom stereocenters. The molecular formula is C25H23FN4O3S. The second-order valence-electron chi connectivity index (χ2n) is 7.70. The smallest absolute Gasteiger partial charge is 0.244 e. The summed E-state index contributed by atoms with van der Waals surface area (Å²) >= 11 is 0. The van der Waals surface area contributed by atoms with Gasteiger partial charge in [0, 0.05) is 6.20 Å². The molecule has 2 N–H and O–H groups in total. The van der Waals surface area contributed by atoms with Gasteiger partial charge in [-0.05, 0) is 29.7 Å². The summed E-state index contributed by atoms with van der Waals surface area (Å²) in [6.45, 7) is 0.518. The van der Waals surface area contributed by atoms with Crippen LogP contribution in [0.4, 0.5) is 10.1 Å². The van der Waals surface area contributed by atoms with E-state index in [0.29, 0.717) is 12.2 Å². The van der Waals surface area contributed by atoms with Gasteiger partial charge < -0.3 is 5.32 Å². The first-order valence-corrected chi connectivity index (χ1v) is 12.1. The maximum atomic E-state index is 14.2. The zero-order valence-electron chi connectivity index (χ0n) is 18.1. The molecule has 0 radical (unpaired) electrons. The average Bonchev–Trinajstić information content (AvgIpc) is 3.26. The summed E-state index contributed by atoms with van der Waals surface area (Å²) in [6.07, 6.45) is 3.24. The fourth-order valence-corrected chi connectivity index (χ4v) is 4.74. The van der Waals surface area contributed by atoms with Gasteiger partial charge >= 0.3 is 0 Å². The van der Waals surface area contributed by atoms with Gasteiger partial charge in [-0.2, -0.15) is 9.82 Å². The van der Waals surface area contributed by atoms with Gasteiger partial charge in [0.15, 0.2) is 0 Å². The average molecular weight is 479 g/mol. The predicted molar refractivity (Wildman–Crippen MR) is 127 cm³/mol. The van der Waals surface area contributed by atoms with Gasteiger partial charge in [-0.1, -0.05) is 72.8 Å². The molecule has 0 bridgehead atoms. The lowest BCUT2D eigenvalue weighted by atomic mass is 10.1. The van der Waals surface area contributed by atoms with E-state index in [0.717, 1.165) is 23.3 Å². The van der Waals surface area contributed by atoms with E-state index in [9.17, 15) is 17.6 Å². The van der Waals surface area contributed by atoms with Crippen LogP contribution in [0.15, 0.2) is 102 Å². The van der Waals surface area contributed by atoms with E-state index in [-0.39, 0.29) is 6.42 Å². The Labute approximate surface area is 197 Å². The largest absolute Gasteiger partial charge is 0.322 e. The van der Waals surface area contributed by atoms with Crippen LogP contribution in [0.5, 0.6) is 0 Å². The van der Waals surface area contributed by atoms with Gasteiger partial charge in [0.25, 0.3) is 0 Å². The van der Waals surface area contributed by atoms with Crippen molar-refractivity contribution in [3.8, 4) is 0 Å². The molecule has 0 aliphatic heterocycles. The lowest BCUT2D eigenvalue weighted by Gasteiger charge is -2.18. The van der Waals surface area contributed by atoms with Crippen molar-refractivity contribution in [3.05, 3.63) is 114 Å². The summed E-state index contributed by atoms with van der Waals surface area (Å²) < 4.78 is 43.9. The molecule has 174 valence electrons. The maximum absolute atomic E-state index is 14.2. The Morgan fingerprint density at radius 2 is 1.53 bits per heavy atom. The third-order valence-corrected chi connectivity index (χ3v) is 6.62. The summed E-state index contributed by atoms with van der Waals surface area (Å²) in [5, 5.41) is 6.97. The number of rotatable bonds is 9. The number of aromatic nitrogens is 2. The van der Waals surface area contributed by atoms with Crippen LogP contribution in [0.3, 0.4) is 0 Å². The molecule has 1 amide bonds. The van der Waals surface area contributed by atoms with Gasteiger partial charge in [-0.15, -0.1) is 0 Å². The van der Waals surface area contributed by atoms with Gasteiger partial charge in [-0.3, -0.25) is 9.48 Å². The van der Waals surface area contributed by atoms with Crippen LogP contribution in [0.2, 0.25) is 0 Å². The van der Waals surface area contributed by atoms with Gasteiger partial charge in [0.2, 0.25) is 15.9 Å². The molecule has 0 spiro atoms. The minimum Gasteiger partial charge on any atom is -0.322 e. The van der Waals surface area contributed by atoms with Crippen LogP contribution in [-0.2, 0) is 27.8 Å². The SMILES string of the molecule is O=C(Nc1cnn(Cc2ccccc2)c1)C(Cc1ccccc1)NS(=O)(=O)c1ccccc1F. The minimum atomic E-state index is -4.29. The number of benzene rings is 3. The molecule has 0 aliphatic carbocycles. The molecule has 1 heterocycles. The Bertz CT molecular complexity index is 1360. The van der Waals surface area contributed by atoms with Crippen molar-refractivity contribution in [2.45, 2.75) is 23.9 Å². The first-order chi connectivity index (χ1) is 16.4. The fraction of sp³-hybridized carbons (Fsp3) is 0.120. The number of nitrogens with zero attached hydrogens (tertiary/aromatic N) is 2. The lowest BCUT2D eigenvalue weighted by Crippen LogP contribution is -2.45. The van der Waals surface area contributed by atoms with Crippen molar-refractivity contribution < 1.29 is 17.6 Å². The highest BCUT2D eigenvalue weighted by atomic mass is 32.2. The molecule has 0 saturated heterocycles. The van der Waals surface area contributed by atoms with E-state index in [1.54, 1.807) is 35.1 Å². The van der Waals surface area contributed by atoms with E-state index in [4.69, 9.17) is 0 Å². The van der Waals surface area contributed by atoms with Crippen molar-refractivity contribution in [2.24, 2.45) is 0 Å². The van der Waals surface area contributed by atoms with Crippen LogP contribution >= 0.6 is 0 Å². The summed E-state index contributed by atoms with van der Waals surface area (Å²) in [6, 6.07) is 22.6. The second kappa shape index (κ2) is 10.4. The van der Waals surface area contributed by atoms with Crippen LogP contribution in [0.1, 0.15) is 11.1 Å². The van der Waals surface area contributed by atoms with Gasteiger partial charge in [0.05, 0.1) is 18.4 Å². The molecule has 3 aromatic carbocycles. The third-order valence-electron chi connectivity index (χ3n) is 5.11. The molecule has 4 rings (SSSR count). The molecular weight excluding hydrogens is 455 g/mol. The molecule has 0 fully saturated rings. The Morgan fingerprint density at radius 1 is 0.912 bits per heavy atom. The Hall–Kier alpha value is -3.82.